The van der Waals surface area contributed by atoms with Gasteiger partial charge in [-0.05, 0) is 35.6 Å². The Labute approximate surface area is 173 Å². The van der Waals surface area contributed by atoms with Crippen molar-refractivity contribution in [2.75, 3.05) is 18.9 Å². The van der Waals surface area contributed by atoms with E-state index >= 15 is 0 Å². The first-order valence-electron chi connectivity index (χ1n) is 9.47. The molecule has 0 radical (unpaired) electrons. The van der Waals surface area contributed by atoms with E-state index in [0.717, 1.165) is 21.9 Å². The van der Waals surface area contributed by atoms with Gasteiger partial charge in [-0.3, -0.25) is 14.5 Å². The maximum atomic E-state index is 13.0. The molecule has 148 valence electrons. The largest absolute Gasteiger partial charge is 0.508 e. The van der Waals surface area contributed by atoms with Crippen molar-refractivity contribution in [3.05, 3.63) is 76.9 Å². The second-order valence-corrected chi connectivity index (χ2v) is 8.07. The molecule has 5 nitrogen and oxygen atoms in total. The van der Waals surface area contributed by atoms with Gasteiger partial charge in [-0.2, -0.15) is 11.8 Å². The molecule has 0 unspecified atom stereocenters. The lowest BCUT2D eigenvalue weighted by molar-refractivity contribution is 0.0612. The fourth-order valence-corrected chi connectivity index (χ4v) is 4.41. The summed E-state index contributed by atoms with van der Waals surface area (Å²) < 4.78 is 0. The van der Waals surface area contributed by atoms with E-state index in [1.54, 1.807) is 18.2 Å². The molecule has 2 amide bonds. The molecular weight excluding hydrogens is 386 g/mol. The van der Waals surface area contributed by atoms with Crippen LogP contribution in [0.2, 0.25) is 0 Å². The second-order valence-electron chi connectivity index (χ2n) is 6.96. The number of thioether (sulfide) groups is 1. The highest BCUT2D eigenvalue weighted by molar-refractivity contribution is 7.98. The van der Waals surface area contributed by atoms with Crippen LogP contribution in [-0.4, -0.2) is 45.8 Å². The molecule has 0 atom stereocenters. The predicted molar refractivity (Wildman–Crippen MR) is 114 cm³/mol. The van der Waals surface area contributed by atoms with Crippen LogP contribution in [0.4, 0.5) is 0 Å². The number of nitrogens with zero attached hydrogens (tertiary/aromatic N) is 1. The number of phenols is 1. The summed E-state index contributed by atoms with van der Waals surface area (Å²) in [7, 11) is 0. The smallest absolute Gasteiger partial charge is 0.261 e. The summed E-state index contributed by atoms with van der Waals surface area (Å²) >= 11 is 1.54. The molecule has 0 saturated carbocycles. The van der Waals surface area contributed by atoms with Crippen LogP contribution in [0.15, 0.2) is 54.6 Å². The summed E-state index contributed by atoms with van der Waals surface area (Å²) in [6.07, 6.45) is 0.508. The third-order valence-corrected chi connectivity index (χ3v) is 6.10. The zero-order valence-electron chi connectivity index (χ0n) is 15.8. The van der Waals surface area contributed by atoms with Crippen LogP contribution >= 0.6 is 11.8 Å². The lowest BCUT2D eigenvalue weighted by atomic mass is 9.94. The van der Waals surface area contributed by atoms with Gasteiger partial charge < -0.3 is 10.2 Å². The van der Waals surface area contributed by atoms with E-state index in [1.165, 1.54) is 16.7 Å². The lowest BCUT2D eigenvalue weighted by Crippen LogP contribution is -2.41. The lowest BCUT2D eigenvalue weighted by Gasteiger charge is -2.27. The first-order chi connectivity index (χ1) is 14.1. The van der Waals surface area contributed by atoms with Crippen molar-refractivity contribution in [2.45, 2.75) is 12.2 Å². The van der Waals surface area contributed by atoms with Crippen LogP contribution in [-0.2, 0) is 12.2 Å². The molecule has 1 aliphatic heterocycles. The number of phenolic OH excluding ortho intramolecular Hbond substituents is 1. The Morgan fingerprint density at radius 2 is 1.62 bits per heavy atom. The molecule has 1 heterocycles. The summed E-state index contributed by atoms with van der Waals surface area (Å²) in [6, 6.07) is 16.4. The maximum absolute atomic E-state index is 13.0. The van der Waals surface area contributed by atoms with E-state index in [9.17, 15) is 14.7 Å². The van der Waals surface area contributed by atoms with Crippen LogP contribution in [0.1, 0.15) is 31.8 Å². The van der Waals surface area contributed by atoms with Crippen LogP contribution < -0.4 is 0 Å². The number of carbonyl (C=O) groups is 2. The highest BCUT2D eigenvalue weighted by Crippen LogP contribution is 2.30. The fourth-order valence-electron chi connectivity index (χ4n) is 3.68. The number of aliphatic hydroxyl groups excluding tert-OH is 1. The molecule has 4 rings (SSSR count). The van der Waals surface area contributed by atoms with Gasteiger partial charge in [0.25, 0.3) is 11.8 Å². The molecule has 2 N–H and O–H groups in total. The zero-order chi connectivity index (χ0) is 20.4. The molecule has 0 fully saturated rings. The van der Waals surface area contributed by atoms with E-state index in [1.807, 2.05) is 36.4 Å². The molecule has 1 aliphatic rings. The minimum atomic E-state index is -0.267. The van der Waals surface area contributed by atoms with E-state index in [4.69, 9.17) is 5.11 Å². The number of benzene rings is 3. The maximum Gasteiger partial charge on any atom is 0.261 e. The van der Waals surface area contributed by atoms with Crippen molar-refractivity contribution in [1.29, 1.82) is 0 Å². The molecule has 29 heavy (non-hydrogen) atoms. The summed E-state index contributed by atoms with van der Waals surface area (Å²) in [6.45, 7) is 0.370. The summed E-state index contributed by atoms with van der Waals surface area (Å²) in [4.78, 5) is 27.2. The van der Waals surface area contributed by atoms with Crippen molar-refractivity contribution < 1.29 is 19.8 Å². The topological polar surface area (TPSA) is 77.8 Å². The molecule has 6 heteroatoms. The Bertz CT molecular complexity index is 1040. The average Bonchev–Trinajstić information content (AvgIpc) is 2.74. The summed E-state index contributed by atoms with van der Waals surface area (Å²) in [5.74, 6) is 0.876. The molecule has 0 saturated heterocycles. The van der Waals surface area contributed by atoms with Crippen molar-refractivity contribution in [1.82, 2.24) is 4.90 Å². The Hall–Kier alpha value is -2.83. The number of carbonyl (C=O) groups excluding carboxylic acids is 2. The van der Waals surface area contributed by atoms with Crippen LogP contribution in [0.3, 0.4) is 0 Å². The highest BCUT2D eigenvalue weighted by atomic mass is 32.2. The number of rotatable bonds is 7. The number of hydrogen-bond donors (Lipinski definition) is 2. The third kappa shape index (κ3) is 3.73. The van der Waals surface area contributed by atoms with Gasteiger partial charge in [0.1, 0.15) is 5.75 Å². The molecule has 0 spiro atoms. The molecule has 0 bridgehead atoms. The zero-order valence-corrected chi connectivity index (χ0v) is 16.6. The van der Waals surface area contributed by atoms with Crippen molar-refractivity contribution in [2.24, 2.45) is 0 Å². The van der Waals surface area contributed by atoms with E-state index in [-0.39, 0.29) is 30.7 Å². The van der Waals surface area contributed by atoms with Crippen LogP contribution in [0.5, 0.6) is 5.75 Å². The summed E-state index contributed by atoms with van der Waals surface area (Å²) in [5.41, 5.74) is 2.85. The Balaban J connectivity index is 1.54. The minimum absolute atomic E-state index is 0.0958. The molecular formula is C23H21NO4S. The van der Waals surface area contributed by atoms with Crippen molar-refractivity contribution in [3.63, 3.8) is 0 Å². The number of imide groups is 1. The first kappa shape index (κ1) is 19.5. The SMILES string of the molecule is O=C1c2cccc3cccc(c23)C(=O)N1CCc1ccc(O)c(CSCCO)c1. The van der Waals surface area contributed by atoms with Gasteiger partial charge in [0.2, 0.25) is 0 Å². The van der Waals surface area contributed by atoms with Gasteiger partial charge in [-0.25, -0.2) is 0 Å². The first-order valence-corrected chi connectivity index (χ1v) is 10.6. The predicted octanol–water partition coefficient (Wildman–Crippen LogP) is 3.61. The van der Waals surface area contributed by atoms with Gasteiger partial charge in [-0.1, -0.05) is 36.4 Å². The summed E-state index contributed by atoms with van der Waals surface area (Å²) in [5, 5.41) is 20.6. The van der Waals surface area contributed by atoms with E-state index < -0.39 is 0 Å². The van der Waals surface area contributed by atoms with Gasteiger partial charge in [0.15, 0.2) is 0 Å². The average molecular weight is 407 g/mol. The Morgan fingerprint density at radius 3 is 2.28 bits per heavy atom. The quantitative estimate of drug-likeness (QED) is 0.462. The molecule has 0 aromatic heterocycles. The van der Waals surface area contributed by atoms with Gasteiger partial charge >= 0.3 is 0 Å². The van der Waals surface area contributed by atoms with Crippen molar-refractivity contribution >= 4 is 34.3 Å². The minimum Gasteiger partial charge on any atom is -0.508 e. The van der Waals surface area contributed by atoms with Crippen LogP contribution in [0, 0.1) is 0 Å². The van der Waals surface area contributed by atoms with Gasteiger partial charge in [0, 0.05) is 40.1 Å². The molecule has 3 aromatic rings. The van der Waals surface area contributed by atoms with Gasteiger partial charge in [0.05, 0.1) is 6.61 Å². The number of amides is 2. The van der Waals surface area contributed by atoms with Gasteiger partial charge in [-0.15, -0.1) is 0 Å². The third-order valence-electron chi connectivity index (χ3n) is 5.12. The molecule has 0 aliphatic carbocycles. The monoisotopic (exact) mass is 407 g/mol. The second kappa shape index (κ2) is 8.27. The highest BCUT2D eigenvalue weighted by Gasteiger charge is 2.32. The number of hydrogen-bond acceptors (Lipinski definition) is 5. The normalized spacial score (nSPS) is 13.3. The Morgan fingerprint density at radius 1 is 0.931 bits per heavy atom. The van der Waals surface area contributed by atoms with E-state index in [0.29, 0.717) is 29.1 Å². The number of aromatic hydroxyl groups is 1. The van der Waals surface area contributed by atoms with E-state index in [2.05, 4.69) is 0 Å². The van der Waals surface area contributed by atoms with Crippen LogP contribution in [0.25, 0.3) is 10.8 Å². The molecule has 3 aromatic carbocycles. The van der Waals surface area contributed by atoms with Crippen molar-refractivity contribution in [3.8, 4) is 5.75 Å². The Kier molecular flexibility index (Phi) is 5.56. The fraction of sp³-hybridized carbons (Fsp3) is 0.217. The number of aliphatic hydroxyl groups is 1. The standard InChI is InChI=1S/C23H21NO4S/c25-11-12-29-14-17-13-15(7-8-20(17)26)9-10-24-22(27)18-5-1-3-16-4-2-6-19(21(16)18)23(24)28/h1-8,13,25-26H,9-12,14H2.